The van der Waals surface area contributed by atoms with E-state index in [9.17, 15) is 0 Å². The molecule has 0 saturated heterocycles. The van der Waals surface area contributed by atoms with E-state index >= 15 is 0 Å². The van der Waals surface area contributed by atoms with Crippen LogP contribution in [0.1, 0.15) is 40.5 Å². The summed E-state index contributed by atoms with van der Waals surface area (Å²) in [7, 11) is 0. The van der Waals surface area contributed by atoms with Crippen molar-refractivity contribution in [2.75, 3.05) is 0 Å². The van der Waals surface area contributed by atoms with Crippen molar-refractivity contribution in [2.24, 2.45) is 11.8 Å². The summed E-state index contributed by atoms with van der Waals surface area (Å²) >= 11 is 0. The third-order valence-electron chi connectivity index (χ3n) is 1.72. The normalized spacial score (nSPS) is 14.9. The van der Waals surface area contributed by atoms with Crippen LogP contribution in [-0.2, 0) is 0 Å². The van der Waals surface area contributed by atoms with Gasteiger partial charge in [0.05, 0.1) is 0 Å². The summed E-state index contributed by atoms with van der Waals surface area (Å²) in [6, 6.07) is 0. The van der Waals surface area contributed by atoms with Gasteiger partial charge in [0.15, 0.2) is 0 Å². The van der Waals surface area contributed by atoms with Gasteiger partial charge in [0, 0.05) is 0 Å². The van der Waals surface area contributed by atoms with Crippen LogP contribution in [0.2, 0.25) is 0 Å². The van der Waals surface area contributed by atoms with E-state index in [-0.39, 0.29) is 0 Å². The molecule has 60 valence electrons. The molecule has 0 heterocycles. The molecule has 0 amide bonds. The SMILES string of the molecule is CCC(C)/C=C\CC(C)C. The maximum atomic E-state index is 2.32. The highest BCUT2D eigenvalue weighted by atomic mass is 14.0. The maximum Gasteiger partial charge on any atom is -0.0265 e. The average molecular weight is 140 g/mol. The van der Waals surface area contributed by atoms with Gasteiger partial charge in [0.25, 0.3) is 0 Å². The summed E-state index contributed by atoms with van der Waals surface area (Å²) in [4.78, 5) is 0. The minimum absolute atomic E-state index is 0.763. The van der Waals surface area contributed by atoms with Gasteiger partial charge >= 0.3 is 0 Å². The molecule has 0 aliphatic heterocycles. The molecule has 0 aliphatic carbocycles. The highest BCUT2D eigenvalue weighted by molar-refractivity contribution is 4.86. The van der Waals surface area contributed by atoms with Gasteiger partial charge < -0.3 is 0 Å². The average Bonchev–Trinajstić information content (AvgIpc) is 1.87. The number of allylic oxidation sites excluding steroid dienone is 2. The highest BCUT2D eigenvalue weighted by Crippen LogP contribution is 2.05. The predicted molar refractivity (Wildman–Crippen MR) is 48.1 cm³/mol. The summed E-state index contributed by atoms with van der Waals surface area (Å²) in [5.74, 6) is 1.57. The quantitative estimate of drug-likeness (QED) is 0.523. The second kappa shape index (κ2) is 5.52. The predicted octanol–water partition coefficient (Wildman–Crippen LogP) is 3.63. The lowest BCUT2D eigenvalue weighted by Crippen LogP contribution is -1.86. The summed E-state index contributed by atoms with van der Waals surface area (Å²) < 4.78 is 0. The first-order valence-corrected chi connectivity index (χ1v) is 4.33. The molecule has 0 nitrogen and oxygen atoms in total. The minimum Gasteiger partial charge on any atom is -0.0880 e. The zero-order valence-electron chi connectivity index (χ0n) is 7.72. The van der Waals surface area contributed by atoms with E-state index in [4.69, 9.17) is 0 Å². The largest absolute Gasteiger partial charge is 0.0880 e. The smallest absolute Gasteiger partial charge is 0.0265 e. The van der Waals surface area contributed by atoms with Crippen LogP contribution < -0.4 is 0 Å². The Kier molecular flexibility index (Phi) is 5.38. The van der Waals surface area contributed by atoms with E-state index in [0.29, 0.717) is 0 Å². The maximum absolute atomic E-state index is 2.32. The van der Waals surface area contributed by atoms with Crippen LogP contribution in [0.3, 0.4) is 0 Å². The molecule has 0 aliphatic rings. The Balaban J connectivity index is 3.36. The Morgan fingerprint density at radius 3 is 2.20 bits per heavy atom. The van der Waals surface area contributed by atoms with Gasteiger partial charge in [-0.3, -0.25) is 0 Å². The molecule has 1 atom stereocenters. The Bertz CT molecular complexity index is 90.2. The standard InChI is InChI=1S/C10H20/c1-5-10(4)8-6-7-9(2)3/h6,8-10H,5,7H2,1-4H3/b8-6-. The van der Waals surface area contributed by atoms with Crippen molar-refractivity contribution in [3.05, 3.63) is 12.2 Å². The summed E-state index contributed by atoms with van der Waals surface area (Å²) in [5, 5.41) is 0. The van der Waals surface area contributed by atoms with Crippen molar-refractivity contribution >= 4 is 0 Å². The van der Waals surface area contributed by atoms with Gasteiger partial charge in [-0.15, -0.1) is 0 Å². The third-order valence-corrected chi connectivity index (χ3v) is 1.72. The first-order valence-electron chi connectivity index (χ1n) is 4.33. The summed E-state index contributed by atoms with van der Waals surface area (Å²) in [6.07, 6.45) is 7.11. The lowest BCUT2D eigenvalue weighted by atomic mass is 10.1. The molecule has 0 saturated carbocycles. The molecule has 0 bridgehead atoms. The van der Waals surface area contributed by atoms with Crippen LogP contribution in [0.15, 0.2) is 12.2 Å². The van der Waals surface area contributed by atoms with Crippen molar-refractivity contribution in [1.29, 1.82) is 0 Å². The van der Waals surface area contributed by atoms with Gasteiger partial charge in [-0.1, -0.05) is 46.3 Å². The van der Waals surface area contributed by atoms with E-state index in [1.54, 1.807) is 0 Å². The van der Waals surface area contributed by atoms with Gasteiger partial charge in [-0.2, -0.15) is 0 Å². The Hall–Kier alpha value is -0.260. The van der Waals surface area contributed by atoms with E-state index < -0.39 is 0 Å². The molecular formula is C10H20. The molecule has 0 fully saturated rings. The summed E-state index contributed by atoms with van der Waals surface area (Å²) in [6.45, 7) is 8.99. The second-order valence-electron chi connectivity index (χ2n) is 3.44. The van der Waals surface area contributed by atoms with Gasteiger partial charge in [-0.25, -0.2) is 0 Å². The van der Waals surface area contributed by atoms with Gasteiger partial charge in [0.1, 0.15) is 0 Å². The zero-order chi connectivity index (χ0) is 7.98. The van der Waals surface area contributed by atoms with Crippen molar-refractivity contribution in [2.45, 2.75) is 40.5 Å². The topological polar surface area (TPSA) is 0 Å². The van der Waals surface area contributed by atoms with Gasteiger partial charge in [-0.05, 0) is 18.3 Å². The molecule has 0 N–H and O–H groups in total. The van der Waals surface area contributed by atoms with Gasteiger partial charge in [0.2, 0.25) is 0 Å². The first-order chi connectivity index (χ1) is 4.66. The second-order valence-corrected chi connectivity index (χ2v) is 3.44. The van der Waals surface area contributed by atoms with Crippen molar-refractivity contribution in [1.82, 2.24) is 0 Å². The van der Waals surface area contributed by atoms with Crippen LogP contribution in [0.4, 0.5) is 0 Å². The fourth-order valence-electron chi connectivity index (χ4n) is 0.719. The zero-order valence-corrected chi connectivity index (χ0v) is 7.72. The van der Waals surface area contributed by atoms with Crippen LogP contribution in [-0.4, -0.2) is 0 Å². The van der Waals surface area contributed by atoms with E-state index in [1.807, 2.05) is 0 Å². The van der Waals surface area contributed by atoms with E-state index in [0.717, 1.165) is 11.8 Å². The van der Waals surface area contributed by atoms with Crippen LogP contribution in [0, 0.1) is 11.8 Å². The van der Waals surface area contributed by atoms with E-state index in [2.05, 4.69) is 39.8 Å². The number of hydrogen-bond acceptors (Lipinski definition) is 0. The lowest BCUT2D eigenvalue weighted by molar-refractivity contribution is 0.648. The van der Waals surface area contributed by atoms with Crippen LogP contribution in [0.5, 0.6) is 0 Å². The molecule has 0 aromatic rings. The number of rotatable bonds is 4. The molecule has 0 heteroatoms. The molecule has 0 spiro atoms. The fourth-order valence-corrected chi connectivity index (χ4v) is 0.719. The summed E-state index contributed by atoms with van der Waals surface area (Å²) in [5.41, 5.74) is 0. The highest BCUT2D eigenvalue weighted by Gasteiger charge is 1.91. The minimum atomic E-state index is 0.763. The molecule has 0 aromatic heterocycles. The first kappa shape index (κ1) is 9.74. The molecular weight excluding hydrogens is 120 g/mol. The molecule has 0 aromatic carbocycles. The molecule has 10 heavy (non-hydrogen) atoms. The van der Waals surface area contributed by atoms with E-state index in [1.165, 1.54) is 12.8 Å². The lowest BCUT2D eigenvalue weighted by Gasteiger charge is -2.00. The Morgan fingerprint density at radius 2 is 1.80 bits per heavy atom. The number of hydrogen-bond donors (Lipinski definition) is 0. The van der Waals surface area contributed by atoms with Crippen molar-refractivity contribution < 1.29 is 0 Å². The van der Waals surface area contributed by atoms with Crippen molar-refractivity contribution in [3.8, 4) is 0 Å². The monoisotopic (exact) mass is 140 g/mol. The van der Waals surface area contributed by atoms with Crippen LogP contribution in [0.25, 0.3) is 0 Å². The molecule has 0 radical (unpaired) electrons. The van der Waals surface area contributed by atoms with Crippen molar-refractivity contribution in [3.63, 3.8) is 0 Å². The molecule has 0 rings (SSSR count). The Morgan fingerprint density at radius 1 is 1.20 bits per heavy atom. The Labute approximate surface area is 65.3 Å². The van der Waals surface area contributed by atoms with Crippen LogP contribution >= 0.6 is 0 Å². The molecule has 1 unspecified atom stereocenters. The fraction of sp³-hybridized carbons (Fsp3) is 0.800. The third kappa shape index (κ3) is 5.87.